The van der Waals surface area contributed by atoms with Crippen LogP contribution in [0, 0.1) is 6.92 Å². The Hall–Kier alpha value is -3.15. The Kier molecular flexibility index (Phi) is 5.54. The van der Waals surface area contributed by atoms with Gasteiger partial charge < -0.3 is 9.64 Å². The molecule has 3 rings (SSSR count). The van der Waals surface area contributed by atoms with Crippen molar-refractivity contribution >= 4 is 5.91 Å². The fourth-order valence-electron chi connectivity index (χ4n) is 3.02. The lowest BCUT2D eigenvalue weighted by atomic mass is 10.0. The summed E-state index contributed by atoms with van der Waals surface area (Å²) in [5, 5.41) is 4.12. The van der Waals surface area contributed by atoms with Gasteiger partial charge in [0.05, 0.1) is 25.3 Å². The number of aryl methyl sites for hydroxylation is 1. The zero-order valence-electron chi connectivity index (χ0n) is 16.1. The van der Waals surface area contributed by atoms with Crippen molar-refractivity contribution in [2.45, 2.75) is 26.3 Å². The van der Waals surface area contributed by atoms with E-state index in [9.17, 15) is 4.79 Å². The number of benzene rings is 2. The molecule has 0 aliphatic heterocycles. The molecule has 1 unspecified atom stereocenters. The molecule has 0 N–H and O–H groups in total. The molecule has 6 nitrogen and oxygen atoms in total. The van der Waals surface area contributed by atoms with Crippen molar-refractivity contribution in [3.63, 3.8) is 0 Å². The van der Waals surface area contributed by atoms with Gasteiger partial charge in [0.25, 0.3) is 0 Å². The molecule has 3 aromatic rings. The molecule has 1 amide bonds. The van der Waals surface area contributed by atoms with Crippen molar-refractivity contribution in [1.29, 1.82) is 0 Å². The number of hydrogen-bond donors (Lipinski definition) is 0. The minimum absolute atomic E-state index is 0.0434. The van der Waals surface area contributed by atoms with Gasteiger partial charge in [-0.3, -0.25) is 4.79 Å². The molecule has 0 fully saturated rings. The SMILES string of the molecule is COc1ccc(C)cc1CC(=O)N(C)C(C)c1ccc(-n2cncn2)cc1. The molecule has 0 radical (unpaired) electrons. The van der Waals surface area contributed by atoms with E-state index < -0.39 is 0 Å². The van der Waals surface area contributed by atoms with Gasteiger partial charge >= 0.3 is 0 Å². The quantitative estimate of drug-likeness (QED) is 0.673. The summed E-state index contributed by atoms with van der Waals surface area (Å²) in [7, 11) is 3.46. The minimum atomic E-state index is -0.0434. The summed E-state index contributed by atoms with van der Waals surface area (Å²) in [4.78, 5) is 18.5. The number of methoxy groups -OCH3 is 1. The molecular weight excluding hydrogens is 340 g/mol. The monoisotopic (exact) mass is 364 g/mol. The standard InChI is InChI=1S/C21H24N4O2/c1-15-5-10-20(27-4)18(11-15)12-21(26)24(3)16(2)17-6-8-19(9-7-17)25-14-22-13-23-25/h5-11,13-14,16H,12H2,1-4H3. The molecule has 0 saturated carbocycles. The zero-order valence-corrected chi connectivity index (χ0v) is 16.1. The first-order valence-corrected chi connectivity index (χ1v) is 8.83. The normalized spacial score (nSPS) is 11.9. The average molecular weight is 364 g/mol. The third kappa shape index (κ3) is 4.16. The molecule has 1 aromatic heterocycles. The van der Waals surface area contributed by atoms with Gasteiger partial charge in [-0.25, -0.2) is 9.67 Å². The lowest BCUT2D eigenvalue weighted by molar-refractivity contribution is -0.131. The molecule has 0 aliphatic rings. The van der Waals surface area contributed by atoms with Crippen LogP contribution in [0.4, 0.5) is 0 Å². The molecule has 1 atom stereocenters. The Bertz CT molecular complexity index is 904. The van der Waals surface area contributed by atoms with Crippen molar-refractivity contribution in [3.8, 4) is 11.4 Å². The van der Waals surface area contributed by atoms with Crippen LogP contribution in [0.3, 0.4) is 0 Å². The number of carbonyl (C=O) groups excluding carboxylic acids is 1. The number of amides is 1. The van der Waals surface area contributed by atoms with Gasteiger partial charge in [-0.15, -0.1) is 0 Å². The number of carbonyl (C=O) groups is 1. The fraction of sp³-hybridized carbons (Fsp3) is 0.286. The first-order chi connectivity index (χ1) is 13.0. The minimum Gasteiger partial charge on any atom is -0.496 e. The summed E-state index contributed by atoms with van der Waals surface area (Å²) < 4.78 is 7.09. The summed E-state index contributed by atoms with van der Waals surface area (Å²) in [6.07, 6.45) is 3.47. The van der Waals surface area contributed by atoms with Crippen LogP contribution in [-0.2, 0) is 11.2 Å². The van der Waals surface area contributed by atoms with Gasteiger partial charge in [0.2, 0.25) is 5.91 Å². The number of ether oxygens (including phenoxy) is 1. The maximum absolute atomic E-state index is 12.8. The van der Waals surface area contributed by atoms with Crippen molar-refractivity contribution in [1.82, 2.24) is 19.7 Å². The second kappa shape index (κ2) is 8.03. The second-order valence-electron chi connectivity index (χ2n) is 6.60. The molecule has 0 aliphatic carbocycles. The van der Waals surface area contributed by atoms with E-state index >= 15 is 0 Å². The van der Waals surface area contributed by atoms with Gasteiger partial charge in [0, 0.05) is 12.6 Å². The lowest BCUT2D eigenvalue weighted by Gasteiger charge is -2.26. The largest absolute Gasteiger partial charge is 0.496 e. The van der Waals surface area contributed by atoms with E-state index in [-0.39, 0.29) is 11.9 Å². The van der Waals surface area contributed by atoms with E-state index in [0.29, 0.717) is 6.42 Å². The van der Waals surface area contributed by atoms with Gasteiger partial charge in [-0.2, -0.15) is 5.10 Å². The van der Waals surface area contributed by atoms with Crippen LogP contribution in [0.2, 0.25) is 0 Å². The van der Waals surface area contributed by atoms with Crippen LogP contribution in [-0.4, -0.2) is 39.7 Å². The number of hydrogen-bond acceptors (Lipinski definition) is 4. The van der Waals surface area contributed by atoms with E-state index in [0.717, 1.165) is 28.1 Å². The molecule has 0 bridgehead atoms. The van der Waals surface area contributed by atoms with Crippen molar-refractivity contribution in [2.24, 2.45) is 0 Å². The summed E-state index contributed by atoms with van der Waals surface area (Å²) >= 11 is 0. The molecule has 140 valence electrons. The van der Waals surface area contributed by atoms with Crippen LogP contribution < -0.4 is 4.74 Å². The number of nitrogens with zero attached hydrogens (tertiary/aromatic N) is 4. The molecule has 0 spiro atoms. The van der Waals surface area contributed by atoms with Crippen LogP contribution in [0.1, 0.15) is 29.7 Å². The van der Waals surface area contributed by atoms with E-state index in [1.165, 1.54) is 6.33 Å². The molecule has 1 heterocycles. The summed E-state index contributed by atoms with van der Waals surface area (Å²) in [6.45, 7) is 4.03. The third-order valence-electron chi connectivity index (χ3n) is 4.81. The van der Waals surface area contributed by atoms with E-state index in [1.807, 2.05) is 63.4 Å². The fourth-order valence-corrected chi connectivity index (χ4v) is 3.02. The predicted octanol–water partition coefficient (Wildman–Crippen LogP) is 3.35. The molecule has 2 aromatic carbocycles. The molecular formula is C21H24N4O2. The summed E-state index contributed by atoms with van der Waals surface area (Å²) in [5.41, 5.74) is 4.01. The third-order valence-corrected chi connectivity index (χ3v) is 4.81. The highest BCUT2D eigenvalue weighted by molar-refractivity contribution is 5.79. The zero-order chi connectivity index (χ0) is 19.4. The first-order valence-electron chi connectivity index (χ1n) is 8.83. The van der Waals surface area contributed by atoms with Crippen LogP contribution in [0.5, 0.6) is 5.75 Å². The van der Waals surface area contributed by atoms with E-state index in [2.05, 4.69) is 10.1 Å². The van der Waals surface area contributed by atoms with Gasteiger partial charge in [-0.05, 0) is 37.6 Å². The topological polar surface area (TPSA) is 60.2 Å². The number of rotatable bonds is 6. The van der Waals surface area contributed by atoms with Gasteiger partial charge in [0.1, 0.15) is 18.4 Å². The van der Waals surface area contributed by atoms with Crippen LogP contribution >= 0.6 is 0 Å². The lowest BCUT2D eigenvalue weighted by Crippen LogP contribution is -2.31. The molecule has 0 saturated heterocycles. The first kappa shape index (κ1) is 18.6. The van der Waals surface area contributed by atoms with Gasteiger partial charge in [0.15, 0.2) is 0 Å². The average Bonchev–Trinajstić information content (AvgIpc) is 3.22. The Morgan fingerprint density at radius 3 is 2.59 bits per heavy atom. The van der Waals surface area contributed by atoms with Crippen molar-refractivity contribution < 1.29 is 9.53 Å². The predicted molar refractivity (Wildman–Crippen MR) is 104 cm³/mol. The Labute approximate surface area is 159 Å². The second-order valence-corrected chi connectivity index (χ2v) is 6.60. The highest BCUT2D eigenvalue weighted by Gasteiger charge is 2.19. The van der Waals surface area contributed by atoms with E-state index in [1.54, 1.807) is 23.0 Å². The Morgan fingerprint density at radius 2 is 1.96 bits per heavy atom. The highest BCUT2D eigenvalue weighted by atomic mass is 16.5. The van der Waals surface area contributed by atoms with Crippen molar-refractivity contribution in [3.05, 3.63) is 71.8 Å². The maximum Gasteiger partial charge on any atom is 0.227 e. The Balaban J connectivity index is 1.72. The summed E-state index contributed by atoms with van der Waals surface area (Å²) in [6, 6.07) is 13.8. The van der Waals surface area contributed by atoms with Gasteiger partial charge in [-0.1, -0.05) is 29.8 Å². The summed E-state index contributed by atoms with van der Waals surface area (Å²) in [5.74, 6) is 0.791. The highest BCUT2D eigenvalue weighted by Crippen LogP contribution is 2.24. The molecule has 27 heavy (non-hydrogen) atoms. The Morgan fingerprint density at radius 1 is 1.22 bits per heavy atom. The smallest absolute Gasteiger partial charge is 0.227 e. The molecule has 6 heteroatoms. The number of likely N-dealkylation sites (N-methyl/N-ethyl adjacent to an activating group) is 1. The van der Waals surface area contributed by atoms with Crippen LogP contribution in [0.15, 0.2) is 55.1 Å². The van der Waals surface area contributed by atoms with Crippen molar-refractivity contribution in [2.75, 3.05) is 14.2 Å². The van der Waals surface area contributed by atoms with E-state index in [4.69, 9.17) is 4.74 Å². The maximum atomic E-state index is 12.8. The number of aromatic nitrogens is 3. The van der Waals surface area contributed by atoms with Crippen LogP contribution in [0.25, 0.3) is 5.69 Å².